The molecule has 0 radical (unpaired) electrons. The van der Waals surface area contributed by atoms with Crippen LogP contribution in [0.25, 0.3) is 16.3 Å². The molecule has 1 saturated heterocycles. The number of nitrogens with one attached hydrogen (secondary N) is 1. The molecule has 2 aliphatic rings. The summed E-state index contributed by atoms with van der Waals surface area (Å²) < 4.78 is 41.2. The first kappa shape index (κ1) is 27.4. The molecule has 0 atom stereocenters. The summed E-state index contributed by atoms with van der Waals surface area (Å²) in [7, 11) is 1.94. The third-order valence-electron chi connectivity index (χ3n) is 8.18. The molecule has 41 heavy (non-hydrogen) atoms. The first-order valence-corrected chi connectivity index (χ1v) is 14.4. The van der Waals surface area contributed by atoms with Crippen molar-refractivity contribution in [2.24, 2.45) is 7.05 Å². The second-order valence-electron chi connectivity index (χ2n) is 11.2. The van der Waals surface area contributed by atoms with Crippen molar-refractivity contribution in [1.82, 2.24) is 24.4 Å². The van der Waals surface area contributed by atoms with Gasteiger partial charge in [0.1, 0.15) is 17.0 Å². The molecule has 212 valence electrons. The van der Waals surface area contributed by atoms with Gasteiger partial charge in [-0.3, -0.25) is 4.90 Å². The van der Waals surface area contributed by atoms with Crippen LogP contribution in [0.4, 0.5) is 19.0 Å². The number of benzene rings is 1. The molecule has 0 saturated carbocycles. The topological polar surface area (TPSA) is 82.7 Å². The van der Waals surface area contributed by atoms with Crippen LogP contribution in [0.2, 0.25) is 0 Å². The molecule has 3 aromatic heterocycles. The van der Waals surface area contributed by atoms with Crippen LogP contribution in [0.1, 0.15) is 45.7 Å². The van der Waals surface area contributed by atoms with Crippen molar-refractivity contribution in [3.63, 3.8) is 0 Å². The molecule has 1 aliphatic carbocycles. The number of rotatable bonds is 7. The van der Waals surface area contributed by atoms with E-state index in [0.717, 1.165) is 55.1 Å². The lowest BCUT2D eigenvalue weighted by molar-refractivity contribution is -0.126. The van der Waals surface area contributed by atoms with Gasteiger partial charge in [0.05, 0.1) is 29.9 Å². The van der Waals surface area contributed by atoms with Crippen LogP contribution in [0.3, 0.4) is 0 Å². The minimum atomic E-state index is -4.28. The number of hydrogen-bond donors (Lipinski definition) is 1. The number of anilines is 1. The summed E-state index contributed by atoms with van der Waals surface area (Å²) in [5.41, 5.74) is 6.27. The van der Waals surface area contributed by atoms with E-state index in [-0.39, 0.29) is 10.4 Å². The Kier molecular flexibility index (Phi) is 7.08. The Morgan fingerprint density at radius 1 is 1.17 bits per heavy atom. The van der Waals surface area contributed by atoms with Crippen LogP contribution in [-0.2, 0) is 32.9 Å². The number of halogens is 3. The van der Waals surface area contributed by atoms with Crippen LogP contribution in [0, 0.1) is 18.3 Å². The number of allylic oxidation sites excluding steroid dienone is 1. The lowest BCUT2D eigenvalue weighted by atomic mass is 9.83. The number of likely N-dealkylation sites (tertiary alicyclic amines) is 1. The molecular formula is C30H30F3N7S. The number of thiophene rings is 1. The Morgan fingerprint density at radius 3 is 2.68 bits per heavy atom. The van der Waals surface area contributed by atoms with Gasteiger partial charge in [-0.1, -0.05) is 12.1 Å². The number of imidazole rings is 1. The minimum Gasteiger partial charge on any atom is -0.364 e. The Balaban J connectivity index is 1.23. The normalized spacial score (nSPS) is 16.9. The van der Waals surface area contributed by atoms with Crippen molar-refractivity contribution < 1.29 is 13.2 Å². The van der Waals surface area contributed by atoms with Crippen LogP contribution in [0.5, 0.6) is 0 Å². The average Bonchev–Trinajstić information content (AvgIpc) is 3.64. The number of aromatic nitrogens is 4. The zero-order chi connectivity index (χ0) is 28.8. The van der Waals surface area contributed by atoms with E-state index >= 15 is 0 Å². The first-order chi connectivity index (χ1) is 19.6. The fourth-order valence-corrected chi connectivity index (χ4v) is 7.06. The lowest BCUT2D eigenvalue weighted by Crippen LogP contribution is -2.50. The summed E-state index contributed by atoms with van der Waals surface area (Å²) in [6.45, 7) is 4.63. The number of alkyl halides is 3. The van der Waals surface area contributed by atoms with Gasteiger partial charge in [-0.2, -0.15) is 18.4 Å². The Labute approximate surface area is 240 Å². The van der Waals surface area contributed by atoms with Gasteiger partial charge in [0, 0.05) is 61.7 Å². The predicted molar refractivity (Wildman–Crippen MR) is 153 cm³/mol. The summed E-state index contributed by atoms with van der Waals surface area (Å²) in [5.74, 6) is 0.568. The number of aryl methyl sites for hydroxylation is 1. The smallest absolute Gasteiger partial charge is 0.364 e. The van der Waals surface area contributed by atoms with Gasteiger partial charge in [0.25, 0.3) is 0 Å². The van der Waals surface area contributed by atoms with Crippen LogP contribution >= 0.6 is 11.3 Å². The third kappa shape index (κ3) is 5.85. The van der Waals surface area contributed by atoms with E-state index in [0.29, 0.717) is 28.9 Å². The maximum atomic E-state index is 13.1. The van der Waals surface area contributed by atoms with Crippen molar-refractivity contribution in [2.45, 2.75) is 57.3 Å². The van der Waals surface area contributed by atoms with Crippen molar-refractivity contribution in [2.75, 3.05) is 18.4 Å². The summed E-state index contributed by atoms with van der Waals surface area (Å²) in [6, 6.07) is 8.19. The molecular weight excluding hydrogens is 547 g/mol. The zero-order valence-electron chi connectivity index (χ0n) is 22.9. The summed E-state index contributed by atoms with van der Waals surface area (Å²) in [5, 5.41) is 13.6. The van der Waals surface area contributed by atoms with Crippen molar-refractivity contribution in [1.29, 1.82) is 5.26 Å². The Hall–Kier alpha value is -3.75. The highest BCUT2D eigenvalue weighted by molar-refractivity contribution is 7.18. The molecule has 0 unspecified atom stereocenters. The van der Waals surface area contributed by atoms with Gasteiger partial charge >= 0.3 is 6.18 Å². The number of hydrogen-bond acceptors (Lipinski definition) is 7. The van der Waals surface area contributed by atoms with Gasteiger partial charge in [-0.15, -0.1) is 11.3 Å². The van der Waals surface area contributed by atoms with Crippen molar-refractivity contribution in [3.05, 3.63) is 75.4 Å². The molecule has 7 nitrogen and oxygen atoms in total. The van der Waals surface area contributed by atoms with Crippen LogP contribution < -0.4 is 5.32 Å². The molecule has 1 N–H and O–H groups in total. The molecule has 11 heteroatoms. The Morgan fingerprint density at radius 2 is 1.98 bits per heavy atom. The number of fused-ring (bicyclic) bond motifs is 2. The Bertz CT molecular complexity index is 1670. The highest BCUT2D eigenvalue weighted by Crippen LogP contribution is 2.37. The molecule has 4 heterocycles. The van der Waals surface area contributed by atoms with E-state index in [1.165, 1.54) is 28.6 Å². The second kappa shape index (κ2) is 10.6. The van der Waals surface area contributed by atoms with Crippen LogP contribution in [0.15, 0.2) is 42.6 Å². The fraction of sp³-hybridized carbons (Fsp3) is 0.400. The van der Waals surface area contributed by atoms with E-state index in [1.807, 2.05) is 23.9 Å². The number of nitrogens with zero attached hydrogens (tertiary/aromatic N) is 6. The molecule has 4 aromatic rings. The van der Waals surface area contributed by atoms with E-state index < -0.39 is 12.6 Å². The van der Waals surface area contributed by atoms with Gasteiger partial charge < -0.3 is 9.88 Å². The highest BCUT2D eigenvalue weighted by Gasteiger charge is 2.37. The van der Waals surface area contributed by atoms with Crippen molar-refractivity contribution >= 4 is 33.4 Å². The molecule has 0 spiro atoms. The molecule has 6 rings (SSSR count). The van der Waals surface area contributed by atoms with Crippen molar-refractivity contribution in [3.8, 4) is 6.07 Å². The monoisotopic (exact) mass is 577 g/mol. The minimum absolute atomic E-state index is 0.228. The quantitative estimate of drug-likeness (QED) is 0.291. The van der Waals surface area contributed by atoms with Gasteiger partial charge in [0.15, 0.2) is 0 Å². The maximum Gasteiger partial charge on any atom is 0.393 e. The molecule has 0 bridgehead atoms. The zero-order valence-corrected chi connectivity index (χ0v) is 23.7. The lowest BCUT2D eigenvalue weighted by Gasteiger charge is -2.43. The number of piperidine rings is 1. The molecule has 1 aliphatic heterocycles. The van der Waals surface area contributed by atoms with Gasteiger partial charge in [0.2, 0.25) is 0 Å². The largest absolute Gasteiger partial charge is 0.393 e. The molecule has 1 aromatic carbocycles. The van der Waals surface area contributed by atoms with Gasteiger partial charge in [-0.25, -0.2) is 15.0 Å². The predicted octanol–water partition coefficient (Wildman–Crippen LogP) is 5.99. The fourth-order valence-electron chi connectivity index (χ4n) is 6.03. The van der Waals surface area contributed by atoms with E-state index in [9.17, 15) is 18.4 Å². The van der Waals surface area contributed by atoms with E-state index in [2.05, 4.69) is 50.3 Å². The number of nitriles is 1. The molecule has 1 fully saturated rings. The van der Waals surface area contributed by atoms with Crippen LogP contribution in [-0.4, -0.2) is 49.2 Å². The summed E-state index contributed by atoms with van der Waals surface area (Å²) in [4.78, 5) is 16.5. The van der Waals surface area contributed by atoms with E-state index in [1.54, 1.807) is 12.4 Å². The first-order valence-electron chi connectivity index (χ1n) is 13.6. The third-order valence-corrected chi connectivity index (χ3v) is 9.23. The van der Waals surface area contributed by atoms with Gasteiger partial charge in [-0.05, 0) is 54.2 Å². The highest BCUT2D eigenvalue weighted by atomic mass is 32.1. The summed E-state index contributed by atoms with van der Waals surface area (Å²) >= 11 is 1.06. The second-order valence-corrected chi connectivity index (χ2v) is 12.3. The standard InChI is InChI=1S/C30H30F3N7S/c1-19-22(4-3-21-9-20(14-34)10-25(19)21)15-40-7-5-29(6-8-40,12-23-16-39(2)18-37-23)38-27-26-11-24(13-30(31,32)33)41-28(26)36-17-35-27/h3-4,10-11,16-18H,5-9,12-13,15H2,1-2H3,(H,35,36,38). The SMILES string of the molecule is Cc1c(CN2CCC(Cc3cn(C)cn3)(Nc3ncnc4sc(CC(F)(F)F)cc34)CC2)ccc2c1C=C(C#N)C2. The average molecular weight is 578 g/mol. The molecule has 0 amide bonds. The van der Waals surface area contributed by atoms with E-state index in [4.69, 9.17) is 0 Å². The maximum absolute atomic E-state index is 13.1. The summed E-state index contributed by atoms with van der Waals surface area (Å²) in [6.07, 6.45) is 4.99.